The van der Waals surface area contributed by atoms with Crippen LogP contribution in [0.25, 0.3) is 0 Å². The van der Waals surface area contributed by atoms with Crippen molar-refractivity contribution in [2.24, 2.45) is 0 Å². The van der Waals surface area contributed by atoms with Gasteiger partial charge in [0.25, 0.3) is 0 Å². The summed E-state index contributed by atoms with van der Waals surface area (Å²) in [5.41, 5.74) is 0. The van der Waals surface area contributed by atoms with Gasteiger partial charge in [-0.1, -0.05) is 24.8 Å². The van der Waals surface area contributed by atoms with Crippen LogP contribution in [-0.2, 0) is 4.79 Å². The van der Waals surface area contributed by atoms with Gasteiger partial charge < -0.3 is 6.53 Å². The maximum atomic E-state index is 9.90. The Kier molecular flexibility index (Phi) is 11.3. The van der Waals surface area contributed by atoms with Gasteiger partial charge in [0, 0.05) is 6.42 Å². The van der Waals surface area contributed by atoms with Crippen molar-refractivity contribution >= 4 is 5.97 Å². The standard InChI is InChI=1S/C7H10O2.Na.H/c1-2-3-4-5-6-7(8)9;;/h2-4H,1,5-6H2,(H,8,9);;/q;+1;-1. The van der Waals surface area contributed by atoms with Crippen LogP contribution >= 0.6 is 0 Å². The molecule has 0 unspecified atom stereocenters. The van der Waals surface area contributed by atoms with E-state index >= 15 is 0 Å². The topological polar surface area (TPSA) is 37.3 Å². The summed E-state index contributed by atoms with van der Waals surface area (Å²) < 4.78 is 0. The molecule has 0 saturated heterocycles. The molecule has 0 saturated carbocycles. The predicted octanol–water partition coefficient (Wildman–Crippen LogP) is -1.29. The van der Waals surface area contributed by atoms with Gasteiger partial charge in [-0.3, -0.25) is 4.79 Å². The summed E-state index contributed by atoms with van der Waals surface area (Å²) in [6, 6.07) is 0. The summed E-state index contributed by atoms with van der Waals surface area (Å²) in [6.45, 7) is 3.44. The predicted molar refractivity (Wildman–Crippen MR) is 37.3 cm³/mol. The first kappa shape index (κ1) is 12.6. The molecule has 0 amide bonds. The molecule has 10 heavy (non-hydrogen) atoms. The summed E-state index contributed by atoms with van der Waals surface area (Å²) in [5.74, 6) is -0.760. The minimum Gasteiger partial charge on any atom is -1.00 e. The molecule has 2 nitrogen and oxygen atoms in total. The molecular formula is C7H11NaO2. The number of aliphatic carboxylic acids is 1. The van der Waals surface area contributed by atoms with Crippen molar-refractivity contribution in [1.29, 1.82) is 0 Å². The monoisotopic (exact) mass is 150 g/mol. The first-order valence-electron chi connectivity index (χ1n) is 2.76. The number of allylic oxidation sites excluding steroid dienone is 3. The Hall–Kier alpha value is -0.0500. The van der Waals surface area contributed by atoms with Crippen molar-refractivity contribution in [1.82, 2.24) is 0 Å². The molecule has 0 atom stereocenters. The Balaban J connectivity index is -0.000000320. The van der Waals surface area contributed by atoms with E-state index in [4.69, 9.17) is 5.11 Å². The Morgan fingerprint density at radius 3 is 2.70 bits per heavy atom. The summed E-state index contributed by atoms with van der Waals surface area (Å²) in [5, 5.41) is 8.15. The maximum Gasteiger partial charge on any atom is 1.00 e. The van der Waals surface area contributed by atoms with Gasteiger partial charge in [0.1, 0.15) is 0 Å². The molecule has 0 aromatic carbocycles. The summed E-state index contributed by atoms with van der Waals surface area (Å²) in [7, 11) is 0. The first-order chi connectivity index (χ1) is 4.27. The number of carbonyl (C=O) groups is 1. The van der Waals surface area contributed by atoms with Gasteiger partial charge in [-0.05, 0) is 6.42 Å². The smallest absolute Gasteiger partial charge is 1.00 e. The number of hydrogen-bond acceptors (Lipinski definition) is 1. The fourth-order valence-electron chi connectivity index (χ4n) is 0.399. The number of carboxylic acid groups (broad SMARTS) is 1. The second-order valence-electron chi connectivity index (χ2n) is 1.60. The van der Waals surface area contributed by atoms with E-state index in [2.05, 4.69) is 6.58 Å². The molecule has 0 aromatic rings. The second kappa shape index (κ2) is 8.95. The molecule has 1 N–H and O–H groups in total. The van der Waals surface area contributed by atoms with Crippen molar-refractivity contribution in [3.05, 3.63) is 24.8 Å². The molecule has 0 spiro atoms. The molecule has 0 aliphatic carbocycles. The molecule has 52 valence electrons. The van der Waals surface area contributed by atoms with Crippen LogP contribution in [0, 0.1) is 0 Å². The molecule has 0 aromatic heterocycles. The minimum atomic E-state index is -0.760. The van der Waals surface area contributed by atoms with Gasteiger partial charge in [-0.2, -0.15) is 0 Å². The maximum absolute atomic E-state index is 9.90. The first-order valence-corrected chi connectivity index (χ1v) is 2.76. The third kappa shape index (κ3) is 10.8. The van der Waals surface area contributed by atoms with Crippen LogP contribution in [0.2, 0.25) is 0 Å². The molecular weight excluding hydrogens is 139 g/mol. The van der Waals surface area contributed by atoms with Crippen LogP contribution in [0.3, 0.4) is 0 Å². The van der Waals surface area contributed by atoms with E-state index in [0.717, 1.165) is 0 Å². The largest absolute Gasteiger partial charge is 1.00 e. The van der Waals surface area contributed by atoms with Crippen LogP contribution in [0.5, 0.6) is 0 Å². The summed E-state index contributed by atoms with van der Waals surface area (Å²) >= 11 is 0. The second-order valence-corrected chi connectivity index (χ2v) is 1.60. The number of hydrogen-bond donors (Lipinski definition) is 1. The van der Waals surface area contributed by atoms with Crippen LogP contribution in [-0.4, -0.2) is 11.1 Å². The zero-order valence-electron chi connectivity index (χ0n) is 7.21. The van der Waals surface area contributed by atoms with Crippen LogP contribution in [0.15, 0.2) is 24.8 Å². The zero-order valence-corrected chi connectivity index (χ0v) is 8.21. The van der Waals surface area contributed by atoms with Crippen LogP contribution in [0.4, 0.5) is 0 Å². The molecule has 0 rings (SSSR count). The van der Waals surface area contributed by atoms with Gasteiger partial charge in [-0.15, -0.1) is 0 Å². The fourth-order valence-corrected chi connectivity index (χ4v) is 0.399. The molecule has 0 fully saturated rings. The Morgan fingerprint density at radius 2 is 2.30 bits per heavy atom. The van der Waals surface area contributed by atoms with Crippen LogP contribution < -0.4 is 29.6 Å². The van der Waals surface area contributed by atoms with E-state index in [1.165, 1.54) is 0 Å². The molecule has 3 heteroatoms. The molecule has 0 radical (unpaired) electrons. The van der Waals surface area contributed by atoms with Crippen LogP contribution in [0.1, 0.15) is 14.3 Å². The van der Waals surface area contributed by atoms with Gasteiger partial charge in [0.2, 0.25) is 0 Å². The fraction of sp³-hybridized carbons (Fsp3) is 0.286. The van der Waals surface area contributed by atoms with Gasteiger partial charge >= 0.3 is 35.5 Å². The molecule has 0 aliphatic heterocycles. The molecule has 0 heterocycles. The molecule has 0 aliphatic rings. The zero-order chi connectivity index (χ0) is 7.11. The number of carboxylic acids is 1. The van der Waals surface area contributed by atoms with Gasteiger partial charge in [-0.25, -0.2) is 0 Å². The third-order valence-electron chi connectivity index (χ3n) is 0.797. The van der Waals surface area contributed by atoms with E-state index in [0.29, 0.717) is 6.42 Å². The summed E-state index contributed by atoms with van der Waals surface area (Å²) in [6.07, 6.45) is 5.93. The van der Waals surface area contributed by atoms with E-state index in [-0.39, 0.29) is 37.4 Å². The van der Waals surface area contributed by atoms with Crippen molar-refractivity contribution in [2.75, 3.05) is 0 Å². The number of rotatable bonds is 4. The van der Waals surface area contributed by atoms with Crippen molar-refractivity contribution in [3.63, 3.8) is 0 Å². The summed E-state index contributed by atoms with van der Waals surface area (Å²) in [4.78, 5) is 9.90. The SMILES string of the molecule is C=CC=CCCC(=O)O.[H-].[Na+]. The quantitative estimate of drug-likeness (QED) is 0.400. The van der Waals surface area contributed by atoms with E-state index in [1.54, 1.807) is 18.2 Å². The van der Waals surface area contributed by atoms with Gasteiger partial charge in [0.05, 0.1) is 0 Å². The average Bonchev–Trinajstić information content (AvgIpc) is 1.80. The van der Waals surface area contributed by atoms with Crippen molar-refractivity contribution in [3.8, 4) is 0 Å². The van der Waals surface area contributed by atoms with E-state index in [9.17, 15) is 4.79 Å². The normalized spacial score (nSPS) is 8.80. The van der Waals surface area contributed by atoms with E-state index in [1.807, 2.05) is 0 Å². The van der Waals surface area contributed by atoms with Gasteiger partial charge in [0.15, 0.2) is 0 Å². The van der Waals surface area contributed by atoms with Crippen molar-refractivity contribution < 1.29 is 40.9 Å². The Morgan fingerprint density at radius 1 is 1.70 bits per heavy atom. The Labute approximate surface area is 84.4 Å². The molecule has 0 bridgehead atoms. The van der Waals surface area contributed by atoms with E-state index < -0.39 is 5.97 Å². The Bertz CT molecular complexity index is 134. The van der Waals surface area contributed by atoms with Crippen molar-refractivity contribution in [2.45, 2.75) is 12.8 Å². The third-order valence-corrected chi connectivity index (χ3v) is 0.797. The average molecular weight is 150 g/mol. The minimum absolute atomic E-state index is 0.